The number of benzene rings is 1. The molecule has 2 aliphatic carbocycles. The first-order valence-corrected chi connectivity index (χ1v) is 10.8. The summed E-state index contributed by atoms with van der Waals surface area (Å²) in [4.78, 5) is 0. The highest BCUT2D eigenvalue weighted by Gasteiger charge is 2.21. The zero-order chi connectivity index (χ0) is 18.9. The summed E-state index contributed by atoms with van der Waals surface area (Å²) < 4.78 is 5.32. The van der Waals surface area contributed by atoms with Crippen molar-refractivity contribution in [2.24, 2.45) is 5.92 Å². The molecular weight excluding hydrogens is 328 g/mol. The van der Waals surface area contributed by atoms with Gasteiger partial charge in [-0.25, -0.2) is 0 Å². The first kappa shape index (κ1) is 20.0. The van der Waals surface area contributed by atoms with Crippen molar-refractivity contribution in [3.05, 3.63) is 59.2 Å². The Morgan fingerprint density at radius 1 is 1.00 bits per heavy atom. The Balaban J connectivity index is 1.49. The van der Waals surface area contributed by atoms with E-state index in [2.05, 4.69) is 61.3 Å². The highest BCUT2D eigenvalue weighted by atomic mass is 16.5. The minimum atomic E-state index is 0.205. The lowest BCUT2D eigenvalue weighted by Crippen LogP contribution is -2.13. The highest BCUT2D eigenvalue weighted by Crippen LogP contribution is 2.37. The van der Waals surface area contributed by atoms with Crippen LogP contribution >= 0.6 is 0 Å². The van der Waals surface area contributed by atoms with Crippen LogP contribution in [0.25, 0.3) is 0 Å². The molecule has 0 aromatic heterocycles. The van der Waals surface area contributed by atoms with E-state index >= 15 is 0 Å². The van der Waals surface area contributed by atoms with Crippen molar-refractivity contribution >= 4 is 0 Å². The van der Waals surface area contributed by atoms with Crippen LogP contribution in [0.5, 0.6) is 0 Å². The van der Waals surface area contributed by atoms with E-state index in [1.807, 2.05) is 0 Å². The molecule has 0 amide bonds. The Kier molecular flexibility index (Phi) is 7.79. The largest absolute Gasteiger partial charge is 0.377 e. The summed E-state index contributed by atoms with van der Waals surface area (Å²) in [5.74, 6) is 8.32. The predicted octanol–water partition coefficient (Wildman–Crippen LogP) is 6.79. The third kappa shape index (κ3) is 6.12. The maximum Gasteiger partial charge on any atom is 0.0790 e. The summed E-state index contributed by atoms with van der Waals surface area (Å²) in [6.07, 6.45) is 18.6. The number of hydrogen-bond acceptors (Lipinski definition) is 1. The fraction of sp³-hybridized carbons (Fsp3) is 0.538. The van der Waals surface area contributed by atoms with E-state index in [-0.39, 0.29) is 6.10 Å². The van der Waals surface area contributed by atoms with Gasteiger partial charge >= 0.3 is 0 Å². The molecule has 1 heteroatoms. The Morgan fingerprint density at radius 2 is 1.78 bits per heavy atom. The molecular formula is C26H34O. The van der Waals surface area contributed by atoms with Crippen molar-refractivity contribution in [3.63, 3.8) is 0 Å². The third-order valence-electron chi connectivity index (χ3n) is 6.16. The second kappa shape index (κ2) is 10.5. The molecule has 0 spiro atoms. The van der Waals surface area contributed by atoms with Crippen LogP contribution in [0.3, 0.4) is 0 Å². The maximum atomic E-state index is 5.32. The summed E-state index contributed by atoms with van der Waals surface area (Å²) in [7, 11) is 1.75. The zero-order valence-electron chi connectivity index (χ0n) is 17.0. The molecule has 0 saturated heterocycles. The fourth-order valence-corrected chi connectivity index (χ4v) is 4.32. The van der Waals surface area contributed by atoms with Crippen molar-refractivity contribution in [1.82, 2.24) is 0 Å². The van der Waals surface area contributed by atoms with Gasteiger partial charge in [-0.3, -0.25) is 0 Å². The Morgan fingerprint density at radius 3 is 2.41 bits per heavy atom. The molecule has 0 N–H and O–H groups in total. The Labute approximate surface area is 165 Å². The third-order valence-corrected chi connectivity index (χ3v) is 6.16. The van der Waals surface area contributed by atoms with E-state index in [4.69, 9.17) is 4.74 Å². The van der Waals surface area contributed by atoms with Crippen LogP contribution in [0.4, 0.5) is 0 Å². The van der Waals surface area contributed by atoms with Gasteiger partial charge in [-0.1, -0.05) is 68.7 Å². The summed E-state index contributed by atoms with van der Waals surface area (Å²) in [6.45, 7) is 2.30. The molecule has 2 aliphatic rings. The molecule has 1 atom stereocenters. The van der Waals surface area contributed by atoms with E-state index < -0.39 is 0 Å². The smallest absolute Gasteiger partial charge is 0.0790 e. The zero-order valence-corrected chi connectivity index (χ0v) is 17.0. The van der Waals surface area contributed by atoms with Gasteiger partial charge < -0.3 is 4.74 Å². The van der Waals surface area contributed by atoms with Crippen LogP contribution in [0.2, 0.25) is 0 Å². The van der Waals surface area contributed by atoms with E-state index in [0.717, 1.165) is 29.4 Å². The van der Waals surface area contributed by atoms with Gasteiger partial charge in [-0.05, 0) is 67.7 Å². The van der Waals surface area contributed by atoms with E-state index in [0.29, 0.717) is 0 Å². The number of unbranched alkanes of at least 4 members (excludes halogenated alkanes) is 2. The predicted molar refractivity (Wildman–Crippen MR) is 115 cm³/mol. The van der Waals surface area contributed by atoms with Crippen molar-refractivity contribution in [2.75, 3.05) is 7.11 Å². The average molecular weight is 363 g/mol. The molecule has 1 saturated carbocycles. The number of hydrogen-bond donors (Lipinski definition) is 0. The van der Waals surface area contributed by atoms with Crippen LogP contribution in [0.1, 0.15) is 81.8 Å². The lowest BCUT2D eigenvalue weighted by Gasteiger charge is -2.29. The normalized spacial score (nSPS) is 24.8. The SMILES string of the molecule is CCCCCC1CCC(c2ccc(C#CC3=CCC(OC)C=C3)cc2)CC1. The molecule has 0 aliphatic heterocycles. The van der Waals surface area contributed by atoms with Crippen molar-refractivity contribution in [2.45, 2.75) is 76.7 Å². The van der Waals surface area contributed by atoms with E-state index in [1.54, 1.807) is 7.11 Å². The molecule has 1 aromatic carbocycles. The van der Waals surface area contributed by atoms with Gasteiger partial charge in [0.05, 0.1) is 6.10 Å². The summed E-state index contributed by atoms with van der Waals surface area (Å²) in [5, 5.41) is 0. The van der Waals surface area contributed by atoms with Crippen LogP contribution in [-0.2, 0) is 4.74 Å². The molecule has 3 rings (SSSR count). The molecule has 1 fully saturated rings. The first-order valence-electron chi connectivity index (χ1n) is 10.8. The molecule has 1 aromatic rings. The molecule has 0 bridgehead atoms. The van der Waals surface area contributed by atoms with E-state index in [1.165, 1.54) is 56.9 Å². The number of rotatable bonds is 6. The molecule has 27 heavy (non-hydrogen) atoms. The summed E-state index contributed by atoms with van der Waals surface area (Å²) in [5.41, 5.74) is 3.70. The van der Waals surface area contributed by atoms with Gasteiger partial charge in [-0.15, -0.1) is 0 Å². The van der Waals surface area contributed by atoms with Crippen molar-refractivity contribution in [3.8, 4) is 11.8 Å². The van der Waals surface area contributed by atoms with Crippen molar-refractivity contribution < 1.29 is 4.74 Å². The lowest BCUT2D eigenvalue weighted by molar-refractivity contribution is 0.142. The average Bonchev–Trinajstić information content (AvgIpc) is 2.74. The molecule has 1 unspecified atom stereocenters. The highest BCUT2D eigenvalue weighted by molar-refractivity contribution is 5.47. The minimum Gasteiger partial charge on any atom is -0.377 e. The van der Waals surface area contributed by atoms with E-state index in [9.17, 15) is 0 Å². The monoisotopic (exact) mass is 362 g/mol. The van der Waals surface area contributed by atoms with Crippen LogP contribution < -0.4 is 0 Å². The number of ether oxygens (including phenoxy) is 1. The minimum absolute atomic E-state index is 0.205. The molecule has 144 valence electrons. The van der Waals surface area contributed by atoms with Crippen LogP contribution in [0, 0.1) is 17.8 Å². The fourth-order valence-electron chi connectivity index (χ4n) is 4.32. The summed E-state index contributed by atoms with van der Waals surface area (Å²) >= 11 is 0. The van der Waals surface area contributed by atoms with Gasteiger partial charge in [-0.2, -0.15) is 0 Å². The van der Waals surface area contributed by atoms with Gasteiger partial charge in [0.15, 0.2) is 0 Å². The topological polar surface area (TPSA) is 9.23 Å². The number of allylic oxidation sites excluding steroid dienone is 2. The molecule has 0 radical (unpaired) electrons. The second-order valence-electron chi connectivity index (χ2n) is 8.11. The Hall–Kier alpha value is -1.78. The Bertz CT molecular complexity index is 690. The lowest BCUT2D eigenvalue weighted by atomic mass is 9.77. The van der Waals surface area contributed by atoms with Gasteiger partial charge in [0.25, 0.3) is 0 Å². The van der Waals surface area contributed by atoms with Crippen LogP contribution in [-0.4, -0.2) is 13.2 Å². The standard InChI is InChI=1S/C26H34O/c1-3-4-5-6-21-9-15-24(16-10-21)25-17-11-22(12-18-25)7-8-23-13-19-26(27-2)20-14-23/h11-14,17-19,21,24,26H,3-6,9-10,15-16,20H2,1-2H3. The van der Waals surface area contributed by atoms with Gasteiger partial charge in [0.2, 0.25) is 0 Å². The second-order valence-corrected chi connectivity index (χ2v) is 8.11. The summed E-state index contributed by atoms with van der Waals surface area (Å²) in [6, 6.07) is 9.00. The molecule has 1 nitrogen and oxygen atoms in total. The maximum absolute atomic E-state index is 5.32. The van der Waals surface area contributed by atoms with Gasteiger partial charge in [0, 0.05) is 18.2 Å². The number of methoxy groups -OCH3 is 1. The van der Waals surface area contributed by atoms with Crippen LogP contribution in [0.15, 0.2) is 48.1 Å². The van der Waals surface area contributed by atoms with Gasteiger partial charge in [0.1, 0.15) is 0 Å². The molecule has 0 heterocycles. The van der Waals surface area contributed by atoms with Crippen molar-refractivity contribution in [1.29, 1.82) is 0 Å². The first-order chi connectivity index (χ1) is 13.3. The quantitative estimate of drug-likeness (QED) is 0.400.